The van der Waals surface area contributed by atoms with Crippen LogP contribution in [0.25, 0.3) is 0 Å². The fraction of sp³-hybridized carbons (Fsp3) is 0.455. The lowest BCUT2D eigenvalue weighted by atomic mass is 10.1. The van der Waals surface area contributed by atoms with E-state index in [0.29, 0.717) is 5.82 Å². The van der Waals surface area contributed by atoms with Gasteiger partial charge in [0.2, 0.25) is 0 Å². The van der Waals surface area contributed by atoms with E-state index in [2.05, 4.69) is 11.2 Å². The fourth-order valence-electron chi connectivity index (χ4n) is 1.77. The van der Waals surface area contributed by atoms with Gasteiger partial charge in [-0.3, -0.25) is 0 Å². The molecule has 0 unspecified atom stereocenters. The number of nitrogens with two attached hydrogens (primary N) is 1. The monoisotopic (exact) mass is 218 g/mol. The maximum atomic E-state index is 8.71. The lowest BCUT2D eigenvalue weighted by molar-refractivity contribution is 0.126. The van der Waals surface area contributed by atoms with Crippen LogP contribution in [0.15, 0.2) is 18.3 Å². The number of aromatic nitrogens is 1. The molecular formula is C11H14N4O. The number of piperidine rings is 1. The minimum atomic E-state index is 0.173. The molecule has 0 amide bonds. The second kappa shape index (κ2) is 4.71. The predicted molar refractivity (Wildman–Crippen MR) is 59.5 cm³/mol. The van der Waals surface area contributed by atoms with Gasteiger partial charge in [0, 0.05) is 38.2 Å². The topological polar surface area (TPSA) is 75.2 Å². The first kappa shape index (κ1) is 10.6. The lowest BCUT2D eigenvalue weighted by Crippen LogP contribution is -2.35. The minimum absolute atomic E-state index is 0.173. The molecule has 2 heterocycles. The van der Waals surface area contributed by atoms with Gasteiger partial charge in [-0.25, -0.2) is 4.98 Å². The van der Waals surface area contributed by atoms with Crippen molar-refractivity contribution < 1.29 is 4.74 Å². The molecule has 2 N–H and O–H groups in total. The van der Waals surface area contributed by atoms with Crippen molar-refractivity contribution in [3.8, 4) is 11.9 Å². The average molecular weight is 218 g/mol. The van der Waals surface area contributed by atoms with Gasteiger partial charge >= 0.3 is 0 Å². The third kappa shape index (κ3) is 2.54. The second-order valence-corrected chi connectivity index (χ2v) is 3.82. The summed E-state index contributed by atoms with van der Waals surface area (Å²) in [5.74, 6) is 1.22. The zero-order chi connectivity index (χ0) is 11.4. The molecule has 1 aliphatic heterocycles. The van der Waals surface area contributed by atoms with Crippen LogP contribution in [0.5, 0.6) is 5.75 Å². The lowest BCUT2D eigenvalue weighted by Gasteiger charge is -2.28. The van der Waals surface area contributed by atoms with Crippen LogP contribution in [0, 0.1) is 11.5 Å². The predicted octanol–water partition coefficient (Wildman–Crippen LogP) is 0.988. The largest absolute Gasteiger partial charge is 0.490 e. The molecule has 84 valence electrons. The molecule has 0 spiro atoms. The molecule has 1 aromatic heterocycles. The minimum Gasteiger partial charge on any atom is -0.490 e. The van der Waals surface area contributed by atoms with Gasteiger partial charge < -0.3 is 15.4 Å². The molecule has 1 saturated heterocycles. The molecule has 16 heavy (non-hydrogen) atoms. The van der Waals surface area contributed by atoms with Crippen molar-refractivity contribution in [1.82, 2.24) is 9.88 Å². The highest BCUT2D eigenvalue weighted by Gasteiger charge is 2.19. The summed E-state index contributed by atoms with van der Waals surface area (Å²) in [6.45, 7) is 1.53. The van der Waals surface area contributed by atoms with E-state index in [1.807, 2.05) is 0 Å². The average Bonchev–Trinajstić information content (AvgIpc) is 2.30. The Balaban J connectivity index is 1.90. The van der Waals surface area contributed by atoms with Gasteiger partial charge in [-0.15, -0.1) is 0 Å². The quantitative estimate of drug-likeness (QED) is 0.749. The summed E-state index contributed by atoms with van der Waals surface area (Å²) in [6.07, 6.45) is 5.69. The summed E-state index contributed by atoms with van der Waals surface area (Å²) in [5, 5.41) is 8.71. The number of likely N-dealkylation sites (tertiary alicyclic amines) is 1. The Labute approximate surface area is 94.4 Å². The van der Waals surface area contributed by atoms with Crippen LogP contribution in [0.2, 0.25) is 0 Å². The summed E-state index contributed by atoms with van der Waals surface area (Å²) in [6, 6.07) is 3.52. The first-order valence-corrected chi connectivity index (χ1v) is 5.31. The molecule has 2 rings (SSSR count). The summed E-state index contributed by atoms with van der Waals surface area (Å²) in [5.41, 5.74) is 5.56. The van der Waals surface area contributed by atoms with Crippen LogP contribution in [0.1, 0.15) is 12.8 Å². The summed E-state index contributed by atoms with van der Waals surface area (Å²) >= 11 is 0. The van der Waals surface area contributed by atoms with E-state index in [1.54, 1.807) is 23.2 Å². The molecule has 1 fully saturated rings. The van der Waals surface area contributed by atoms with E-state index in [-0.39, 0.29) is 6.10 Å². The van der Waals surface area contributed by atoms with Crippen LogP contribution in [0.3, 0.4) is 0 Å². The van der Waals surface area contributed by atoms with Crippen molar-refractivity contribution in [1.29, 1.82) is 5.26 Å². The molecule has 5 heteroatoms. The molecule has 0 aromatic carbocycles. The van der Waals surface area contributed by atoms with E-state index < -0.39 is 0 Å². The Hall–Kier alpha value is -1.96. The van der Waals surface area contributed by atoms with Crippen LogP contribution in [-0.2, 0) is 0 Å². The fourth-order valence-corrected chi connectivity index (χ4v) is 1.77. The number of nitrogen functional groups attached to an aromatic ring is 1. The molecule has 1 aromatic rings. The van der Waals surface area contributed by atoms with Crippen LogP contribution < -0.4 is 10.5 Å². The highest BCUT2D eigenvalue weighted by Crippen LogP contribution is 2.19. The number of rotatable bonds is 2. The van der Waals surface area contributed by atoms with Gasteiger partial charge in [0.05, 0.1) is 0 Å². The van der Waals surface area contributed by atoms with Crippen molar-refractivity contribution in [2.24, 2.45) is 0 Å². The molecule has 0 radical (unpaired) electrons. The van der Waals surface area contributed by atoms with E-state index in [4.69, 9.17) is 15.7 Å². The van der Waals surface area contributed by atoms with Crippen LogP contribution >= 0.6 is 0 Å². The van der Waals surface area contributed by atoms with Gasteiger partial charge in [0.25, 0.3) is 0 Å². The molecular weight excluding hydrogens is 204 g/mol. The third-order valence-corrected chi connectivity index (χ3v) is 2.64. The second-order valence-electron chi connectivity index (χ2n) is 3.82. The highest BCUT2D eigenvalue weighted by molar-refractivity contribution is 5.35. The van der Waals surface area contributed by atoms with Crippen molar-refractivity contribution in [2.75, 3.05) is 18.8 Å². The van der Waals surface area contributed by atoms with E-state index >= 15 is 0 Å². The van der Waals surface area contributed by atoms with Gasteiger partial charge in [-0.2, -0.15) is 5.26 Å². The van der Waals surface area contributed by atoms with Crippen molar-refractivity contribution in [2.45, 2.75) is 18.9 Å². The van der Waals surface area contributed by atoms with Crippen LogP contribution in [-0.4, -0.2) is 29.1 Å². The number of pyridine rings is 1. The van der Waals surface area contributed by atoms with Crippen molar-refractivity contribution >= 4 is 5.82 Å². The molecule has 0 bridgehead atoms. The molecule has 0 saturated carbocycles. The number of hydrogen-bond donors (Lipinski definition) is 1. The van der Waals surface area contributed by atoms with Crippen molar-refractivity contribution in [3.05, 3.63) is 18.3 Å². The molecule has 0 atom stereocenters. The maximum Gasteiger partial charge on any atom is 0.179 e. The van der Waals surface area contributed by atoms with Gasteiger partial charge in [0.15, 0.2) is 6.19 Å². The number of ether oxygens (including phenoxy) is 1. The SMILES string of the molecule is N#CN1CCC(Oc2ccnc(N)c2)CC1. The Morgan fingerprint density at radius 1 is 1.50 bits per heavy atom. The Bertz CT molecular complexity index is 393. The first-order valence-electron chi connectivity index (χ1n) is 5.31. The number of nitrogens with zero attached hydrogens (tertiary/aromatic N) is 3. The normalized spacial score (nSPS) is 16.8. The van der Waals surface area contributed by atoms with E-state index in [0.717, 1.165) is 31.7 Å². The maximum absolute atomic E-state index is 8.71. The van der Waals surface area contributed by atoms with Crippen LogP contribution in [0.4, 0.5) is 5.82 Å². The molecule has 0 aliphatic carbocycles. The smallest absolute Gasteiger partial charge is 0.179 e. The van der Waals surface area contributed by atoms with Gasteiger partial charge in [-0.1, -0.05) is 0 Å². The van der Waals surface area contributed by atoms with Gasteiger partial charge in [-0.05, 0) is 6.07 Å². The zero-order valence-corrected chi connectivity index (χ0v) is 8.97. The standard InChI is InChI=1S/C11H14N4O/c12-8-15-5-2-9(3-6-15)16-10-1-4-14-11(13)7-10/h1,4,7,9H,2-3,5-6H2,(H2,13,14). The summed E-state index contributed by atoms with van der Waals surface area (Å²) < 4.78 is 5.77. The number of nitriles is 1. The number of anilines is 1. The van der Waals surface area contributed by atoms with E-state index in [9.17, 15) is 0 Å². The Kier molecular flexibility index (Phi) is 3.10. The number of hydrogen-bond acceptors (Lipinski definition) is 5. The van der Waals surface area contributed by atoms with E-state index in [1.165, 1.54) is 0 Å². The third-order valence-electron chi connectivity index (χ3n) is 2.64. The molecule has 5 nitrogen and oxygen atoms in total. The highest BCUT2D eigenvalue weighted by atomic mass is 16.5. The van der Waals surface area contributed by atoms with Crippen molar-refractivity contribution in [3.63, 3.8) is 0 Å². The first-order chi connectivity index (χ1) is 7.78. The summed E-state index contributed by atoms with van der Waals surface area (Å²) in [4.78, 5) is 5.66. The Morgan fingerprint density at radius 3 is 2.88 bits per heavy atom. The Morgan fingerprint density at radius 2 is 2.25 bits per heavy atom. The molecule has 1 aliphatic rings. The summed E-state index contributed by atoms with van der Waals surface area (Å²) in [7, 11) is 0. The zero-order valence-electron chi connectivity index (χ0n) is 8.97. The van der Waals surface area contributed by atoms with Gasteiger partial charge in [0.1, 0.15) is 17.7 Å².